The summed E-state index contributed by atoms with van der Waals surface area (Å²) in [6.45, 7) is -1.13. The van der Waals surface area contributed by atoms with Gasteiger partial charge in [-0.1, -0.05) is 0 Å². The zero-order valence-corrected chi connectivity index (χ0v) is 19.0. The Bertz CT molecular complexity index is 906. The van der Waals surface area contributed by atoms with Crippen LogP contribution in [0.4, 0.5) is 13.2 Å². The maximum Gasteiger partial charge on any atom is 0.267 e. The largest absolute Gasteiger partial charge is 0.493 e. The van der Waals surface area contributed by atoms with E-state index in [-0.39, 0.29) is 24.0 Å². The molecule has 0 atom stereocenters. The second-order valence-electron chi connectivity index (χ2n) is 8.91. The highest BCUT2D eigenvalue weighted by atomic mass is 32.2. The van der Waals surface area contributed by atoms with Crippen LogP contribution in [0.2, 0.25) is 0 Å². The number of hydrogen-bond donors (Lipinski definition) is 1. The number of rotatable bonds is 11. The number of nitrogens with one attached hydrogen (secondary N) is 1. The minimum atomic E-state index is -3.95. The van der Waals surface area contributed by atoms with Crippen molar-refractivity contribution in [3.8, 4) is 5.75 Å². The van der Waals surface area contributed by atoms with Crippen molar-refractivity contribution in [1.29, 1.82) is 0 Å². The van der Waals surface area contributed by atoms with Crippen LogP contribution in [0.1, 0.15) is 60.4 Å². The lowest BCUT2D eigenvalue weighted by Gasteiger charge is -2.36. The molecular formula is C22H30F3NO5S. The van der Waals surface area contributed by atoms with E-state index in [1.807, 2.05) is 4.72 Å². The number of carbonyl (C=O) groups is 1. The molecule has 1 amide bonds. The molecule has 1 N–H and O–H groups in total. The van der Waals surface area contributed by atoms with E-state index in [0.717, 1.165) is 18.9 Å². The number of benzene rings is 1. The fraction of sp³-hybridized carbons (Fsp3) is 0.682. The van der Waals surface area contributed by atoms with Crippen LogP contribution in [0, 0.1) is 17.2 Å². The molecule has 0 radical (unpaired) electrons. The first kappa shape index (κ1) is 24.8. The summed E-state index contributed by atoms with van der Waals surface area (Å²) in [5.74, 6) is -1.75. The predicted octanol–water partition coefficient (Wildman–Crippen LogP) is 3.90. The molecule has 2 saturated carbocycles. The van der Waals surface area contributed by atoms with Crippen molar-refractivity contribution < 1.29 is 35.9 Å². The standard InChI is InChI=1S/C22H30F3NO5S/c1-30-8-9-32(28,29)26-21(27)18-10-17(16-2-3-16)20(11-19(18)25)31-12-15-4-6-22(13-23,14-24)7-5-15/h10-11,15-16H,2-9,12-14H2,1H3,(H,26,27). The van der Waals surface area contributed by atoms with Gasteiger partial charge in [-0.05, 0) is 62.0 Å². The Labute approximate surface area is 186 Å². The third-order valence-electron chi connectivity index (χ3n) is 6.37. The van der Waals surface area contributed by atoms with Crippen LogP contribution in [0.5, 0.6) is 5.75 Å². The summed E-state index contributed by atoms with van der Waals surface area (Å²) in [6.07, 6.45) is 3.91. The maximum absolute atomic E-state index is 14.7. The summed E-state index contributed by atoms with van der Waals surface area (Å²) in [4.78, 5) is 12.4. The molecule has 0 bridgehead atoms. The average molecular weight is 478 g/mol. The second kappa shape index (κ2) is 10.4. The molecule has 0 aromatic heterocycles. The molecule has 180 valence electrons. The maximum atomic E-state index is 14.7. The lowest BCUT2D eigenvalue weighted by molar-refractivity contribution is 0.0639. The fourth-order valence-corrected chi connectivity index (χ4v) is 4.87. The van der Waals surface area contributed by atoms with Gasteiger partial charge in [0.1, 0.15) is 11.6 Å². The van der Waals surface area contributed by atoms with E-state index in [0.29, 0.717) is 43.6 Å². The Balaban J connectivity index is 1.68. The van der Waals surface area contributed by atoms with Crippen LogP contribution < -0.4 is 9.46 Å². The van der Waals surface area contributed by atoms with Crippen molar-refractivity contribution >= 4 is 15.9 Å². The van der Waals surface area contributed by atoms with Crippen LogP contribution in [0.3, 0.4) is 0 Å². The summed E-state index contributed by atoms with van der Waals surface area (Å²) in [5, 5.41) is 0. The Hall–Kier alpha value is -1.81. The summed E-state index contributed by atoms with van der Waals surface area (Å²) < 4.78 is 77.4. The smallest absolute Gasteiger partial charge is 0.267 e. The average Bonchev–Trinajstić information content (AvgIpc) is 3.61. The van der Waals surface area contributed by atoms with Crippen molar-refractivity contribution in [3.63, 3.8) is 0 Å². The fourth-order valence-electron chi connectivity index (χ4n) is 3.99. The summed E-state index contributed by atoms with van der Waals surface area (Å²) in [7, 11) is -2.61. The molecule has 2 aliphatic carbocycles. The summed E-state index contributed by atoms with van der Waals surface area (Å²) in [6, 6.07) is 2.49. The number of carbonyl (C=O) groups excluding carboxylic acids is 1. The van der Waals surface area contributed by atoms with Gasteiger partial charge in [-0.15, -0.1) is 0 Å². The SMILES string of the molecule is COCCS(=O)(=O)NC(=O)c1cc(C2CC2)c(OCC2CCC(CF)(CF)CC2)cc1F. The third kappa shape index (κ3) is 6.15. The van der Waals surface area contributed by atoms with Crippen LogP contribution in [-0.2, 0) is 14.8 Å². The molecule has 1 aromatic rings. The molecule has 6 nitrogen and oxygen atoms in total. The van der Waals surface area contributed by atoms with Crippen molar-refractivity contribution in [3.05, 3.63) is 29.1 Å². The molecule has 1 aromatic carbocycles. The molecular weight excluding hydrogens is 447 g/mol. The normalized spacial score (nSPS) is 19.0. The minimum Gasteiger partial charge on any atom is -0.493 e. The van der Waals surface area contributed by atoms with E-state index in [1.54, 1.807) is 0 Å². The highest BCUT2D eigenvalue weighted by Crippen LogP contribution is 2.46. The minimum absolute atomic E-state index is 0.0931. The molecule has 32 heavy (non-hydrogen) atoms. The van der Waals surface area contributed by atoms with E-state index in [1.165, 1.54) is 13.2 Å². The van der Waals surface area contributed by atoms with Gasteiger partial charge in [0.15, 0.2) is 0 Å². The summed E-state index contributed by atoms with van der Waals surface area (Å²) in [5.41, 5.74) is -0.558. The molecule has 2 aliphatic rings. The first-order valence-corrected chi connectivity index (χ1v) is 12.5. The highest BCUT2D eigenvalue weighted by molar-refractivity contribution is 7.90. The number of sulfonamides is 1. The predicted molar refractivity (Wildman–Crippen MR) is 113 cm³/mol. The monoisotopic (exact) mass is 477 g/mol. The number of halogens is 3. The first-order chi connectivity index (χ1) is 15.2. The van der Waals surface area contributed by atoms with Gasteiger partial charge in [0.05, 0.1) is 37.9 Å². The number of ether oxygens (including phenoxy) is 2. The van der Waals surface area contributed by atoms with E-state index in [2.05, 4.69) is 0 Å². The zero-order chi connectivity index (χ0) is 23.4. The number of hydrogen-bond acceptors (Lipinski definition) is 5. The van der Waals surface area contributed by atoms with E-state index in [9.17, 15) is 26.4 Å². The molecule has 0 saturated heterocycles. The Morgan fingerprint density at radius 2 is 1.81 bits per heavy atom. The van der Waals surface area contributed by atoms with Gasteiger partial charge in [0.2, 0.25) is 10.0 Å². The van der Waals surface area contributed by atoms with Crippen molar-refractivity contribution in [1.82, 2.24) is 4.72 Å². The molecule has 10 heteroatoms. The van der Waals surface area contributed by atoms with Gasteiger partial charge in [-0.3, -0.25) is 13.6 Å². The number of amides is 1. The van der Waals surface area contributed by atoms with Gasteiger partial charge in [-0.25, -0.2) is 17.5 Å². The third-order valence-corrected chi connectivity index (χ3v) is 7.57. The lowest BCUT2D eigenvalue weighted by atomic mass is 9.72. The highest BCUT2D eigenvalue weighted by Gasteiger charge is 2.36. The Morgan fingerprint density at radius 1 is 1.16 bits per heavy atom. The van der Waals surface area contributed by atoms with Crippen LogP contribution in [-0.4, -0.2) is 53.8 Å². The van der Waals surface area contributed by atoms with Gasteiger partial charge < -0.3 is 9.47 Å². The van der Waals surface area contributed by atoms with Crippen molar-refractivity contribution in [2.45, 2.75) is 44.4 Å². The van der Waals surface area contributed by atoms with Crippen LogP contribution in [0.25, 0.3) is 0 Å². The molecule has 0 heterocycles. The zero-order valence-electron chi connectivity index (χ0n) is 18.2. The van der Waals surface area contributed by atoms with Gasteiger partial charge in [-0.2, -0.15) is 0 Å². The van der Waals surface area contributed by atoms with E-state index >= 15 is 0 Å². The molecule has 0 aliphatic heterocycles. The van der Waals surface area contributed by atoms with Crippen molar-refractivity contribution in [2.24, 2.45) is 11.3 Å². The van der Waals surface area contributed by atoms with Crippen LogP contribution >= 0.6 is 0 Å². The molecule has 2 fully saturated rings. The van der Waals surface area contributed by atoms with E-state index in [4.69, 9.17) is 9.47 Å². The van der Waals surface area contributed by atoms with Gasteiger partial charge in [0.25, 0.3) is 5.91 Å². The molecule has 0 spiro atoms. The van der Waals surface area contributed by atoms with Crippen LogP contribution in [0.15, 0.2) is 12.1 Å². The summed E-state index contributed by atoms with van der Waals surface area (Å²) >= 11 is 0. The van der Waals surface area contributed by atoms with Gasteiger partial charge in [0, 0.05) is 18.6 Å². The molecule has 3 rings (SSSR count). The van der Waals surface area contributed by atoms with Gasteiger partial charge >= 0.3 is 0 Å². The number of methoxy groups -OCH3 is 1. The Kier molecular flexibility index (Phi) is 8.08. The number of alkyl halides is 2. The lowest BCUT2D eigenvalue weighted by Crippen LogP contribution is -2.34. The van der Waals surface area contributed by atoms with E-state index < -0.39 is 46.3 Å². The molecule has 0 unspecified atom stereocenters. The second-order valence-corrected chi connectivity index (χ2v) is 10.8. The first-order valence-electron chi connectivity index (χ1n) is 10.8. The topological polar surface area (TPSA) is 81.7 Å². The quantitative estimate of drug-likeness (QED) is 0.523. The van der Waals surface area contributed by atoms with Crippen molar-refractivity contribution in [2.75, 3.05) is 39.4 Å². The Morgan fingerprint density at radius 3 is 2.38 bits per heavy atom.